The van der Waals surface area contributed by atoms with Gasteiger partial charge in [-0.2, -0.15) is 0 Å². The molecule has 4 heteroatoms. The van der Waals surface area contributed by atoms with Crippen molar-refractivity contribution in [2.24, 2.45) is 11.8 Å². The zero-order valence-corrected chi connectivity index (χ0v) is 36.1. The summed E-state index contributed by atoms with van der Waals surface area (Å²) in [4.78, 5) is 4.85. The van der Waals surface area contributed by atoms with Gasteiger partial charge in [0.05, 0.1) is 5.69 Å². The van der Waals surface area contributed by atoms with Crippen molar-refractivity contribution in [1.29, 1.82) is 0 Å². The number of fused-ring (bicyclic) bond motifs is 3. The summed E-state index contributed by atoms with van der Waals surface area (Å²) in [5.41, 5.74) is 17.8. The van der Waals surface area contributed by atoms with Gasteiger partial charge in [0.15, 0.2) is 0 Å². The average molecular weight is 749 g/mol. The van der Waals surface area contributed by atoms with Gasteiger partial charge in [-0.1, -0.05) is 167 Å². The second-order valence-corrected chi connectivity index (χ2v) is 17.6. The van der Waals surface area contributed by atoms with Gasteiger partial charge in [-0.05, 0) is 111 Å². The highest BCUT2D eigenvalue weighted by atomic mass is 15.2. The third-order valence-corrected chi connectivity index (χ3v) is 14.0. The lowest BCUT2D eigenvalue weighted by atomic mass is 9.61. The van der Waals surface area contributed by atoms with Gasteiger partial charge in [0.1, 0.15) is 7.85 Å². The van der Waals surface area contributed by atoms with Crippen LogP contribution in [0.4, 0.5) is 11.4 Å². The summed E-state index contributed by atoms with van der Waals surface area (Å²) < 4.78 is 0. The molecule has 2 aliphatic carbocycles. The number of aryl methyl sites for hydroxylation is 2. The summed E-state index contributed by atoms with van der Waals surface area (Å²) in [6.07, 6.45) is 27.6. The summed E-state index contributed by atoms with van der Waals surface area (Å²) in [5.74, 6) is 0.457. The monoisotopic (exact) mass is 749 g/mol. The molecular formula is C53H62B2N2. The number of hydrogen-bond acceptors (Lipinski definition) is 2. The van der Waals surface area contributed by atoms with Crippen LogP contribution in [-0.2, 0) is 11.8 Å². The van der Waals surface area contributed by atoms with Crippen LogP contribution in [0.5, 0.6) is 0 Å². The van der Waals surface area contributed by atoms with Crippen LogP contribution in [0.3, 0.4) is 0 Å². The molecule has 57 heavy (non-hydrogen) atoms. The van der Waals surface area contributed by atoms with E-state index in [0.717, 1.165) is 48.8 Å². The van der Waals surface area contributed by atoms with Crippen molar-refractivity contribution in [3.8, 4) is 0 Å². The first-order valence-corrected chi connectivity index (χ1v) is 21.6. The van der Waals surface area contributed by atoms with Crippen LogP contribution in [0.1, 0.15) is 133 Å². The van der Waals surface area contributed by atoms with E-state index in [0.29, 0.717) is 0 Å². The maximum Gasteiger partial charge on any atom is 0.227 e. The largest absolute Gasteiger partial charge is 0.419 e. The van der Waals surface area contributed by atoms with Crippen molar-refractivity contribution in [2.45, 2.75) is 124 Å². The van der Waals surface area contributed by atoms with Gasteiger partial charge in [-0.3, -0.25) is 0 Å². The molecule has 5 unspecified atom stereocenters. The molecule has 290 valence electrons. The molecule has 0 N–H and O–H groups in total. The first kappa shape index (κ1) is 40.8. The lowest BCUT2D eigenvalue weighted by molar-refractivity contribution is 0.200. The molecule has 5 atom stereocenters. The van der Waals surface area contributed by atoms with Crippen LogP contribution in [-0.4, -0.2) is 21.4 Å². The second-order valence-electron chi connectivity index (χ2n) is 17.6. The molecule has 2 nitrogen and oxygen atoms in total. The Morgan fingerprint density at radius 2 is 1.67 bits per heavy atom. The Morgan fingerprint density at radius 3 is 2.40 bits per heavy atom. The van der Waals surface area contributed by atoms with Crippen LogP contribution < -0.4 is 15.2 Å². The predicted molar refractivity (Wildman–Crippen MR) is 250 cm³/mol. The maximum absolute atomic E-state index is 7.49. The van der Waals surface area contributed by atoms with Crippen molar-refractivity contribution in [3.05, 3.63) is 159 Å². The Bertz CT molecular complexity index is 2250. The summed E-state index contributed by atoms with van der Waals surface area (Å²) in [6, 6.07) is 20.6. The molecule has 3 aromatic rings. The van der Waals surface area contributed by atoms with E-state index in [4.69, 9.17) is 15.8 Å². The highest BCUT2D eigenvalue weighted by Crippen LogP contribution is 2.62. The van der Waals surface area contributed by atoms with Gasteiger partial charge in [0.25, 0.3) is 0 Å². The van der Waals surface area contributed by atoms with Gasteiger partial charge < -0.3 is 9.71 Å². The summed E-state index contributed by atoms with van der Waals surface area (Å²) >= 11 is 0. The number of allylic oxidation sites excluding steroid dienone is 12. The number of rotatable bonds is 10. The molecular weight excluding hydrogens is 686 g/mol. The number of hydrogen-bond donors (Lipinski definition) is 0. The van der Waals surface area contributed by atoms with Crippen molar-refractivity contribution < 1.29 is 0 Å². The standard InChI is InChI=1S/C53H62B2N2/c1-10-13-14-15-16-23-40-34-41(54)26-28-47(40)56-38(7)48(44-24-18-17-22-39(44)21-11-2)49(51(56)43-27-25-35(4)31-37(43)6)42(12-3)45-32-36(5)33-46-50(45)57(55)53(9)30-20-19-29-52(46,53)8/h10,13-18,22-28,31-34,37,42,49H,11-12,19-21,29-30H2,1-9H3/b13-10-,15-14-,23-16+,51-43+. The molecule has 1 fully saturated rings. The van der Waals surface area contributed by atoms with E-state index in [1.807, 2.05) is 13.0 Å². The molecule has 0 spiro atoms. The van der Waals surface area contributed by atoms with E-state index in [2.05, 4.69) is 168 Å². The van der Waals surface area contributed by atoms with E-state index < -0.39 is 0 Å². The first-order chi connectivity index (χ1) is 27.4. The normalized spacial score (nSPS) is 26.6. The van der Waals surface area contributed by atoms with E-state index in [9.17, 15) is 0 Å². The Kier molecular flexibility index (Phi) is 11.8. The van der Waals surface area contributed by atoms with Crippen LogP contribution >= 0.6 is 0 Å². The van der Waals surface area contributed by atoms with E-state index in [-0.39, 0.29) is 28.7 Å². The molecule has 0 amide bonds. The second kappa shape index (κ2) is 16.4. The lowest BCUT2D eigenvalue weighted by Crippen LogP contribution is -2.55. The lowest BCUT2D eigenvalue weighted by Gasteiger charge is -2.50. The van der Waals surface area contributed by atoms with Crippen LogP contribution in [0.25, 0.3) is 11.6 Å². The third-order valence-electron chi connectivity index (χ3n) is 14.0. The van der Waals surface area contributed by atoms with Crippen LogP contribution in [0.15, 0.2) is 126 Å². The van der Waals surface area contributed by atoms with Gasteiger partial charge >= 0.3 is 0 Å². The third kappa shape index (κ3) is 7.00. The van der Waals surface area contributed by atoms with E-state index in [1.165, 1.54) is 74.5 Å². The maximum atomic E-state index is 7.49. The molecule has 0 saturated heterocycles. The Labute approximate surface area is 347 Å². The number of benzene rings is 3. The van der Waals surface area contributed by atoms with E-state index >= 15 is 0 Å². The molecule has 4 radical (unpaired) electrons. The van der Waals surface area contributed by atoms with Gasteiger partial charge in [0, 0.05) is 39.9 Å². The van der Waals surface area contributed by atoms with Crippen molar-refractivity contribution in [3.63, 3.8) is 0 Å². The van der Waals surface area contributed by atoms with Crippen LogP contribution in [0.2, 0.25) is 0 Å². The first-order valence-electron chi connectivity index (χ1n) is 21.6. The molecule has 7 rings (SSSR count). The Hall–Kier alpha value is -4.43. The summed E-state index contributed by atoms with van der Waals surface area (Å²) in [7, 11) is 14.1. The molecule has 0 aromatic heterocycles. The number of anilines is 2. The van der Waals surface area contributed by atoms with Gasteiger partial charge in [-0.25, -0.2) is 0 Å². The van der Waals surface area contributed by atoms with Crippen molar-refractivity contribution >= 4 is 44.3 Å². The molecule has 1 saturated carbocycles. The van der Waals surface area contributed by atoms with Crippen molar-refractivity contribution in [1.82, 2.24) is 0 Å². The zero-order valence-electron chi connectivity index (χ0n) is 36.1. The molecule has 2 aliphatic heterocycles. The Morgan fingerprint density at radius 1 is 0.912 bits per heavy atom. The van der Waals surface area contributed by atoms with Gasteiger partial charge in [-0.15, -0.1) is 0 Å². The highest BCUT2D eigenvalue weighted by molar-refractivity contribution is 6.32. The quantitative estimate of drug-likeness (QED) is 0.150. The fraction of sp³-hybridized carbons (Fsp3) is 0.396. The van der Waals surface area contributed by atoms with Crippen LogP contribution in [0, 0.1) is 18.8 Å². The highest BCUT2D eigenvalue weighted by Gasteiger charge is 2.57. The zero-order chi connectivity index (χ0) is 40.6. The van der Waals surface area contributed by atoms with Gasteiger partial charge in [0.2, 0.25) is 7.98 Å². The molecule has 3 aromatic carbocycles. The summed E-state index contributed by atoms with van der Waals surface area (Å²) in [5, 5.41) is 0. The summed E-state index contributed by atoms with van der Waals surface area (Å²) in [6.45, 7) is 20.9. The Balaban J connectivity index is 1.56. The smallest absolute Gasteiger partial charge is 0.227 e. The van der Waals surface area contributed by atoms with Crippen molar-refractivity contribution in [2.75, 3.05) is 9.71 Å². The fourth-order valence-corrected chi connectivity index (χ4v) is 11.0. The SMILES string of the molecule is [B]c1ccc(N2C(C)=C(c3ccccc3CCC)C(C(CC)c3cc(C)cc4c3N([B])C3(C)CCCCC43C)/C2=C2/C=CC(C)=CC2C)c(/C=C/C=C\C=C/C)c1. The minimum absolute atomic E-state index is 0.00474. The fourth-order valence-electron chi connectivity index (χ4n) is 11.0. The minimum atomic E-state index is -0.130. The number of nitrogens with zero attached hydrogens (tertiary/aromatic N) is 2. The van der Waals surface area contributed by atoms with E-state index in [1.54, 1.807) is 0 Å². The molecule has 2 heterocycles. The topological polar surface area (TPSA) is 6.48 Å². The molecule has 0 bridgehead atoms. The molecule has 4 aliphatic rings. The average Bonchev–Trinajstić information content (AvgIpc) is 3.56. The minimum Gasteiger partial charge on any atom is -0.419 e. The predicted octanol–water partition coefficient (Wildman–Crippen LogP) is 12.8.